The first-order chi connectivity index (χ1) is 10.8. The van der Waals surface area contributed by atoms with Gasteiger partial charge in [0.05, 0.1) is 7.11 Å². The first-order valence-corrected chi connectivity index (χ1v) is 7.54. The number of ether oxygens (including phenoxy) is 1. The fourth-order valence-electron chi connectivity index (χ4n) is 2.80. The number of pyridine rings is 1. The first kappa shape index (κ1) is 14.6. The van der Waals surface area contributed by atoms with Gasteiger partial charge >= 0.3 is 0 Å². The van der Waals surface area contributed by atoms with Crippen molar-refractivity contribution in [3.05, 3.63) is 36.7 Å². The summed E-state index contributed by atoms with van der Waals surface area (Å²) in [5.74, 6) is 2.38. The van der Waals surface area contributed by atoms with E-state index in [1.165, 1.54) is 0 Å². The molecular weight excluding hydrogens is 278 g/mol. The second kappa shape index (κ2) is 6.60. The van der Waals surface area contributed by atoms with Crippen molar-refractivity contribution in [2.45, 2.75) is 18.9 Å². The Hall–Kier alpha value is -2.37. The van der Waals surface area contributed by atoms with Crippen LogP contribution in [0.25, 0.3) is 0 Å². The predicted octanol–water partition coefficient (Wildman–Crippen LogP) is 1.99. The van der Waals surface area contributed by atoms with E-state index in [1.807, 2.05) is 18.3 Å². The van der Waals surface area contributed by atoms with Crippen LogP contribution in [0.15, 0.2) is 36.7 Å². The van der Waals surface area contributed by atoms with Gasteiger partial charge in [0.1, 0.15) is 5.82 Å². The summed E-state index contributed by atoms with van der Waals surface area (Å²) < 4.78 is 5.17. The second-order valence-electron chi connectivity index (χ2n) is 5.42. The Morgan fingerprint density at radius 3 is 2.64 bits per heavy atom. The van der Waals surface area contributed by atoms with Gasteiger partial charge in [0.2, 0.25) is 11.8 Å². The summed E-state index contributed by atoms with van der Waals surface area (Å²) >= 11 is 0. The van der Waals surface area contributed by atoms with Gasteiger partial charge in [-0.25, -0.2) is 9.97 Å². The molecule has 0 unspecified atom stereocenters. The third-order valence-electron chi connectivity index (χ3n) is 4.13. The highest BCUT2D eigenvalue weighted by molar-refractivity contribution is 5.39. The zero-order valence-corrected chi connectivity index (χ0v) is 13.0. The molecule has 1 fully saturated rings. The van der Waals surface area contributed by atoms with Gasteiger partial charge in [0, 0.05) is 44.6 Å². The molecule has 1 saturated heterocycles. The predicted molar refractivity (Wildman–Crippen MR) is 86.5 cm³/mol. The molecule has 6 heteroatoms. The number of aromatic nitrogens is 3. The standard InChI is InChI=1S/C16H21N5O/c1-20(14-5-3-4-9-17-14)13-7-11-21(12-8-13)16-18-10-6-15(19-16)22-2/h3-6,9-10,13H,7-8,11-12H2,1-2H3. The number of nitrogens with zero attached hydrogens (tertiary/aromatic N) is 5. The van der Waals surface area contributed by atoms with Crippen molar-refractivity contribution in [3.63, 3.8) is 0 Å². The Bertz CT molecular complexity index is 598. The molecule has 0 saturated carbocycles. The molecule has 6 nitrogen and oxygen atoms in total. The molecule has 0 amide bonds. The van der Waals surface area contributed by atoms with E-state index in [4.69, 9.17) is 4.74 Å². The van der Waals surface area contributed by atoms with Crippen LogP contribution in [0, 0.1) is 0 Å². The number of hydrogen-bond acceptors (Lipinski definition) is 6. The van der Waals surface area contributed by atoms with Crippen molar-refractivity contribution < 1.29 is 4.74 Å². The number of methoxy groups -OCH3 is 1. The highest BCUT2D eigenvalue weighted by atomic mass is 16.5. The van der Waals surface area contributed by atoms with Crippen LogP contribution in [0.2, 0.25) is 0 Å². The van der Waals surface area contributed by atoms with Crippen LogP contribution in [0.3, 0.4) is 0 Å². The summed E-state index contributed by atoms with van der Waals surface area (Å²) in [7, 11) is 3.74. The number of piperidine rings is 1. The summed E-state index contributed by atoms with van der Waals surface area (Å²) in [6.07, 6.45) is 5.71. The summed E-state index contributed by atoms with van der Waals surface area (Å²) in [5, 5.41) is 0. The van der Waals surface area contributed by atoms with Crippen LogP contribution in [-0.2, 0) is 0 Å². The van der Waals surface area contributed by atoms with Gasteiger partial charge in [-0.05, 0) is 25.0 Å². The lowest BCUT2D eigenvalue weighted by Crippen LogP contribution is -2.44. The fourth-order valence-corrected chi connectivity index (χ4v) is 2.80. The summed E-state index contributed by atoms with van der Waals surface area (Å²) in [6, 6.07) is 8.29. The van der Waals surface area contributed by atoms with Crippen molar-refractivity contribution in [2.24, 2.45) is 0 Å². The van der Waals surface area contributed by atoms with E-state index in [0.29, 0.717) is 11.9 Å². The maximum atomic E-state index is 5.17. The monoisotopic (exact) mass is 299 g/mol. The number of hydrogen-bond donors (Lipinski definition) is 0. The van der Waals surface area contributed by atoms with Crippen molar-refractivity contribution in [3.8, 4) is 5.88 Å². The summed E-state index contributed by atoms with van der Waals surface area (Å²) in [6.45, 7) is 1.88. The molecule has 0 aromatic carbocycles. The average molecular weight is 299 g/mol. The van der Waals surface area contributed by atoms with E-state index in [0.717, 1.165) is 37.7 Å². The summed E-state index contributed by atoms with van der Waals surface area (Å²) in [4.78, 5) is 17.7. The topological polar surface area (TPSA) is 54.4 Å². The average Bonchev–Trinajstić information content (AvgIpc) is 2.62. The Labute approximate surface area is 130 Å². The van der Waals surface area contributed by atoms with Crippen molar-refractivity contribution in [2.75, 3.05) is 37.0 Å². The third kappa shape index (κ3) is 3.10. The van der Waals surface area contributed by atoms with Crippen molar-refractivity contribution in [1.82, 2.24) is 15.0 Å². The quantitative estimate of drug-likeness (QED) is 0.860. The zero-order valence-electron chi connectivity index (χ0n) is 13.0. The Kier molecular flexibility index (Phi) is 4.37. The van der Waals surface area contributed by atoms with Crippen LogP contribution in [0.5, 0.6) is 5.88 Å². The van der Waals surface area contributed by atoms with E-state index in [-0.39, 0.29) is 0 Å². The molecular formula is C16H21N5O. The Morgan fingerprint density at radius 1 is 1.14 bits per heavy atom. The zero-order chi connectivity index (χ0) is 15.4. The van der Waals surface area contributed by atoms with Crippen LogP contribution >= 0.6 is 0 Å². The van der Waals surface area contributed by atoms with Gasteiger partial charge in [0.15, 0.2) is 0 Å². The van der Waals surface area contributed by atoms with Gasteiger partial charge in [-0.1, -0.05) is 6.07 Å². The molecule has 1 aliphatic heterocycles. The molecule has 0 aliphatic carbocycles. The second-order valence-corrected chi connectivity index (χ2v) is 5.42. The largest absolute Gasteiger partial charge is 0.481 e. The molecule has 3 rings (SSSR count). The fraction of sp³-hybridized carbons (Fsp3) is 0.438. The van der Waals surface area contributed by atoms with E-state index in [2.05, 4.69) is 37.9 Å². The molecule has 0 atom stereocenters. The Morgan fingerprint density at radius 2 is 1.95 bits per heavy atom. The first-order valence-electron chi connectivity index (χ1n) is 7.54. The van der Waals surface area contributed by atoms with E-state index >= 15 is 0 Å². The van der Waals surface area contributed by atoms with E-state index in [9.17, 15) is 0 Å². The molecule has 3 heterocycles. The molecule has 2 aromatic rings. The minimum atomic E-state index is 0.497. The highest BCUT2D eigenvalue weighted by Crippen LogP contribution is 2.23. The number of anilines is 2. The van der Waals surface area contributed by atoms with Crippen LogP contribution < -0.4 is 14.5 Å². The normalized spacial score (nSPS) is 15.6. The minimum Gasteiger partial charge on any atom is -0.481 e. The molecule has 2 aromatic heterocycles. The highest BCUT2D eigenvalue weighted by Gasteiger charge is 2.24. The lowest BCUT2D eigenvalue weighted by Gasteiger charge is -2.37. The molecule has 0 spiro atoms. The molecule has 0 radical (unpaired) electrons. The van der Waals surface area contributed by atoms with Gasteiger partial charge < -0.3 is 14.5 Å². The lowest BCUT2D eigenvalue weighted by molar-refractivity contribution is 0.395. The Balaban J connectivity index is 1.62. The molecule has 0 bridgehead atoms. The maximum Gasteiger partial charge on any atom is 0.228 e. The van der Waals surface area contributed by atoms with E-state index in [1.54, 1.807) is 19.4 Å². The molecule has 0 N–H and O–H groups in total. The smallest absolute Gasteiger partial charge is 0.228 e. The minimum absolute atomic E-state index is 0.497. The van der Waals surface area contributed by atoms with E-state index < -0.39 is 0 Å². The number of rotatable bonds is 4. The van der Waals surface area contributed by atoms with Gasteiger partial charge in [-0.2, -0.15) is 4.98 Å². The summed E-state index contributed by atoms with van der Waals surface area (Å²) in [5.41, 5.74) is 0. The molecule has 1 aliphatic rings. The van der Waals surface area contributed by atoms with Crippen molar-refractivity contribution >= 4 is 11.8 Å². The van der Waals surface area contributed by atoms with Crippen molar-refractivity contribution in [1.29, 1.82) is 0 Å². The molecule has 22 heavy (non-hydrogen) atoms. The van der Waals surface area contributed by atoms with Crippen LogP contribution in [0.4, 0.5) is 11.8 Å². The van der Waals surface area contributed by atoms with Gasteiger partial charge in [0.25, 0.3) is 0 Å². The lowest BCUT2D eigenvalue weighted by atomic mass is 10.0. The SMILES string of the molecule is COc1ccnc(N2CCC(N(C)c3ccccn3)CC2)n1. The van der Waals surface area contributed by atoms with Crippen LogP contribution in [-0.4, -0.2) is 48.2 Å². The van der Waals surface area contributed by atoms with Crippen LogP contribution in [0.1, 0.15) is 12.8 Å². The third-order valence-corrected chi connectivity index (χ3v) is 4.13. The van der Waals surface area contributed by atoms with Gasteiger partial charge in [-0.15, -0.1) is 0 Å². The molecule has 116 valence electrons. The van der Waals surface area contributed by atoms with Gasteiger partial charge in [-0.3, -0.25) is 0 Å². The maximum absolute atomic E-state index is 5.17.